The average Bonchev–Trinajstić information content (AvgIpc) is 2.86. The Hall–Kier alpha value is -0.920. The molecule has 0 aliphatic heterocycles. The van der Waals surface area contributed by atoms with Crippen LogP contribution in [0.1, 0.15) is 46.5 Å². The van der Waals surface area contributed by atoms with Gasteiger partial charge in [0.15, 0.2) is 0 Å². The lowest BCUT2D eigenvalue weighted by molar-refractivity contribution is 0.587. The fourth-order valence-electron chi connectivity index (χ4n) is 1.90. The van der Waals surface area contributed by atoms with Crippen LogP contribution in [-0.4, -0.2) is 11.4 Å². The van der Waals surface area contributed by atoms with Gasteiger partial charge in [0, 0.05) is 12.1 Å². The predicted octanol–water partition coefficient (Wildman–Crippen LogP) is 3.82. The first-order valence-corrected chi connectivity index (χ1v) is 5.79. The summed E-state index contributed by atoms with van der Waals surface area (Å²) in [6.07, 6.45) is 7.04. The van der Waals surface area contributed by atoms with E-state index in [9.17, 15) is 0 Å². The highest BCUT2D eigenvalue weighted by molar-refractivity contribution is 6.39. The Morgan fingerprint density at radius 2 is 1.93 bits per heavy atom. The number of hydrogen-bond acceptors (Lipinski definition) is 2. The van der Waals surface area contributed by atoms with Crippen LogP contribution in [0.15, 0.2) is 11.6 Å². The second-order valence-corrected chi connectivity index (χ2v) is 4.95. The van der Waals surface area contributed by atoms with Gasteiger partial charge in [-0.3, -0.25) is 0 Å². The molecule has 0 aromatic rings. The highest BCUT2D eigenvalue weighted by Gasteiger charge is 2.22. The van der Waals surface area contributed by atoms with Crippen molar-refractivity contribution in [1.82, 2.24) is 0 Å². The fourth-order valence-corrected chi connectivity index (χ4v) is 1.90. The summed E-state index contributed by atoms with van der Waals surface area (Å²) in [4.78, 5) is 0. The lowest BCUT2D eigenvalue weighted by Gasteiger charge is -2.08. The monoisotopic (exact) mass is 206 g/mol. The molecular weight excluding hydrogens is 184 g/mol. The minimum absolute atomic E-state index is 0.387. The summed E-state index contributed by atoms with van der Waals surface area (Å²) in [6.45, 7) is 6.01. The molecule has 84 valence electrons. The molecule has 2 nitrogen and oxygen atoms in total. The maximum absolute atomic E-state index is 7.61. The number of hydrogen-bond donors (Lipinski definition) is 2. The number of allylic oxidation sites excluding steroid dienone is 2. The number of nitrogens with one attached hydrogen (secondary N) is 2. The SMILES string of the molecule is CC(=N)C(=N)C/C(C)=C/C(C)CC1CC1. The van der Waals surface area contributed by atoms with E-state index in [4.69, 9.17) is 10.8 Å². The van der Waals surface area contributed by atoms with E-state index >= 15 is 0 Å². The van der Waals surface area contributed by atoms with Crippen LogP contribution in [0.3, 0.4) is 0 Å². The molecule has 1 aliphatic rings. The molecule has 2 N–H and O–H groups in total. The Balaban J connectivity index is 2.36. The van der Waals surface area contributed by atoms with E-state index in [1.54, 1.807) is 6.92 Å². The van der Waals surface area contributed by atoms with Crippen LogP contribution in [0.4, 0.5) is 0 Å². The molecule has 0 radical (unpaired) electrons. The highest BCUT2D eigenvalue weighted by atomic mass is 14.5. The third-order valence-electron chi connectivity index (χ3n) is 2.88. The standard InChI is InChI=1S/C13H22N2/c1-9(7-12-4-5-12)6-10(2)8-13(15)11(3)14/h6,9,12,14-15H,4-5,7-8H2,1-3H3/b10-6+,14-11?,15-13?. The van der Waals surface area contributed by atoms with Crippen molar-refractivity contribution in [2.24, 2.45) is 11.8 Å². The molecule has 1 aliphatic carbocycles. The minimum Gasteiger partial charge on any atom is -0.304 e. The lowest BCUT2D eigenvalue weighted by Crippen LogP contribution is -2.08. The third-order valence-corrected chi connectivity index (χ3v) is 2.88. The van der Waals surface area contributed by atoms with Crippen molar-refractivity contribution in [2.45, 2.75) is 46.5 Å². The summed E-state index contributed by atoms with van der Waals surface area (Å²) in [5.41, 5.74) is 2.07. The minimum atomic E-state index is 0.387. The van der Waals surface area contributed by atoms with Crippen molar-refractivity contribution in [3.63, 3.8) is 0 Å². The molecule has 1 unspecified atom stereocenters. The van der Waals surface area contributed by atoms with Crippen molar-refractivity contribution < 1.29 is 0 Å². The molecule has 0 heterocycles. The predicted molar refractivity (Wildman–Crippen MR) is 66.0 cm³/mol. The quantitative estimate of drug-likeness (QED) is 0.490. The van der Waals surface area contributed by atoms with Crippen LogP contribution < -0.4 is 0 Å². The van der Waals surface area contributed by atoms with Gasteiger partial charge < -0.3 is 10.8 Å². The van der Waals surface area contributed by atoms with E-state index in [0.29, 0.717) is 23.8 Å². The van der Waals surface area contributed by atoms with Gasteiger partial charge in [-0.15, -0.1) is 0 Å². The largest absolute Gasteiger partial charge is 0.304 e. The van der Waals surface area contributed by atoms with Crippen LogP contribution in [0.5, 0.6) is 0 Å². The highest BCUT2D eigenvalue weighted by Crippen LogP contribution is 2.35. The van der Waals surface area contributed by atoms with Crippen LogP contribution in [0.25, 0.3) is 0 Å². The zero-order valence-corrected chi connectivity index (χ0v) is 10.1. The first-order chi connectivity index (χ1) is 6.99. The van der Waals surface area contributed by atoms with Gasteiger partial charge in [0.1, 0.15) is 0 Å². The lowest BCUT2D eigenvalue weighted by atomic mass is 9.98. The Kier molecular flexibility index (Phi) is 4.25. The summed E-state index contributed by atoms with van der Waals surface area (Å²) in [5, 5.41) is 15.0. The molecule has 1 atom stereocenters. The van der Waals surface area contributed by atoms with E-state index in [-0.39, 0.29) is 0 Å². The zero-order chi connectivity index (χ0) is 11.4. The molecule has 0 aromatic carbocycles. The van der Waals surface area contributed by atoms with E-state index < -0.39 is 0 Å². The summed E-state index contributed by atoms with van der Waals surface area (Å²) in [5.74, 6) is 1.60. The summed E-state index contributed by atoms with van der Waals surface area (Å²) in [6, 6.07) is 0. The third kappa shape index (κ3) is 4.91. The maximum Gasteiger partial charge on any atom is 0.0558 e. The first kappa shape index (κ1) is 12.2. The van der Waals surface area contributed by atoms with E-state index in [1.165, 1.54) is 24.8 Å². The molecule has 0 bridgehead atoms. The van der Waals surface area contributed by atoms with Gasteiger partial charge in [0.2, 0.25) is 0 Å². The maximum atomic E-state index is 7.61. The molecule has 0 spiro atoms. The van der Waals surface area contributed by atoms with Gasteiger partial charge >= 0.3 is 0 Å². The topological polar surface area (TPSA) is 47.7 Å². The molecular formula is C13H22N2. The molecule has 15 heavy (non-hydrogen) atoms. The summed E-state index contributed by atoms with van der Waals surface area (Å²) in [7, 11) is 0. The van der Waals surface area contributed by atoms with Crippen molar-refractivity contribution in [2.75, 3.05) is 0 Å². The molecule has 0 amide bonds. The first-order valence-electron chi connectivity index (χ1n) is 5.79. The van der Waals surface area contributed by atoms with Gasteiger partial charge in [-0.05, 0) is 32.1 Å². The Labute approximate surface area is 92.8 Å². The molecule has 1 saturated carbocycles. The van der Waals surface area contributed by atoms with Crippen molar-refractivity contribution >= 4 is 11.4 Å². The Morgan fingerprint density at radius 3 is 2.40 bits per heavy atom. The molecule has 0 saturated heterocycles. The second kappa shape index (κ2) is 5.24. The van der Waals surface area contributed by atoms with Crippen LogP contribution in [-0.2, 0) is 0 Å². The average molecular weight is 206 g/mol. The van der Waals surface area contributed by atoms with Crippen LogP contribution >= 0.6 is 0 Å². The van der Waals surface area contributed by atoms with Crippen molar-refractivity contribution in [1.29, 1.82) is 10.8 Å². The second-order valence-electron chi connectivity index (χ2n) is 4.95. The molecule has 2 heteroatoms. The zero-order valence-electron chi connectivity index (χ0n) is 10.1. The Bertz CT molecular complexity index is 285. The molecule has 0 aromatic heterocycles. The van der Waals surface area contributed by atoms with Gasteiger partial charge in [-0.25, -0.2) is 0 Å². The van der Waals surface area contributed by atoms with Crippen molar-refractivity contribution in [3.8, 4) is 0 Å². The number of rotatable bonds is 6. The fraction of sp³-hybridized carbons (Fsp3) is 0.692. The normalized spacial score (nSPS) is 18.7. The van der Waals surface area contributed by atoms with Crippen molar-refractivity contribution in [3.05, 3.63) is 11.6 Å². The smallest absolute Gasteiger partial charge is 0.0558 e. The molecule has 1 fully saturated rings. The molecule has 1 rings (SSSR count). The van der Waals surface area contributed by atoms with Crippen LogP contribution in [0.2, 0.25) is 0 Å². The summed E-state index contributed by atoms with van der Waals surface area (Å²) < 4.78 is 0. The van der Waals surface area contributed by atoms with Crippen LogP contribution in [0, 0.1) is 22.7 Å². The van der Waals surface area contributed by atoms with Gasteiger partial charge in [0.25, 0.3) is 0 Å². The van der Waals surface area contributed by atoms with E-state index in [2.05, 4.69) is 19.9 Å². The summed E-state index contributed by atoms with van der Waals surface area (Å²) >= 11 is 0. The van der Waals surface area contributed by atoms with E-state index in [1.807, 2.05) is 0 Å². The van der Waals surface area contributed by atoms with Gasteiger partial charge in [-0.2, -0.15) is 0 Å². The van der Waals surface area contributed by atoms with E-state index in [0.717, 1.165) is 5.92 Å². The van der Waals surface area contributed by atoms with Gasteiger partial charge in [0.05, 0.1) is 5.71 Å². The Morgan fingerprint density at radius 1 is 1.33 bits per heavy atom. The van der Waals surface area contributed by atoms with Gasteiger partial charge in [-0.1, -0.05) is 31.4 Å².